The van der Waals surface area contributed by atoms with Crippen LogP contribution in [0.5, 0.6) is 0 Å². The molecule has 1 N–H and O–H groups in total. The van der Waals surface area contributed by atoms with Gasteiger partial charge in [0, 0.05) is 11.1 Å². The zero-order valence-electron chi connectivity index (χ0n) is 12.9. The first-order chi connectivity index (χ1) is 11.0. The van der Waals surface area contributed by atoms with Gasteiger partial charge < -0.3 is 5.11 Å². The molecule has 0 aliphatic heterocycles. The van der Waals surface area contributed by atoms with Gasteiger partial charge in [0.05, 0.1) is 17.6 Å². The Hall–Kier alpha value is -3.01. The predicted octanol–water partition coefficient (Wildman–Crippen LogP) is 4.13. The molecule has 0 spiro atoms. The molecule has 2 aromatic carbocycles. The van der Waals surface area contributed by atoms with E-state index < -0.39 is 5.97 Å². The topological polar surface area (TPSA) is 63.1 Å². The molecule has 0 aliphatic rings. The molecular formula is C19H16N2O2. The van der Waals surface area contributed by atoms with Crippen LogP contribution in [0.15, 0.2) is 54.7 Å². The van der Waals surface area contributed by atoms with E-state index in [9.17, 15) is 9.90 Å². The van der Waals surface area contributed by atoms with Gasteiger partial charge in [0.2, 0.25) is 0 Å². The van der Waals surface area contributed by atoms with E-state index in [-0.39, 0.29) is 5.69 Å². The van der Waals surface area contributed by atoms with Crippen LogP contribution < -0.4 is 0 Å². The maximum atomic E-state index is 11.2. The Morgan fingerprint density at radius 2 is 1.30 bits per heavy atom. The average Bonchev–Trinajstić information content (AvgIpc) is 2.56. The van der Waals surface area contributed by atoms with Crippen LogP contribution in [0, 0.1) is 13.8 Å². The molecule has 1 aromatic heterocycles. The van der Waals surface area contributed by atoms with Gasteiger partial charge in [-0.15, -0.1) is 0 Å². The molecule has 4 nitrogen and oxygen atoms in total. The average molecular weight is 304 g/mol. The molecule has 3 rings (SSSR count). The summed E-state index contributed by atoms with van der Waals surface area (Å²) in [6, 6.07) is 15.8. The maximum Gasteiger partial charge on any atom is 0.356 e. The first-order valence-electron chi connectivity index (χ1n) is 7.29. The van der Waals surface area contributed by atoms with Crippen molar-refractivity contribution in [1.29, 1.82) is 0 Å². The number of aryl methyl sites for hydroxylation is 2. The minimum atomic E-state index is -1.08. The van der Waals surface area contributed by atoms with Crippen LogP contribution in [0.4, 0.5) is 0 Å². The van der Waals surface area contributed by atoms with Crippen molar-refractivity contribution in [2.45, 2.75) is 13.8 Å². The molecule has 3 aromatic rings. The summed E-state index contributed by atoms with van der Waals surface area (Å²) >= 11 is 0. The SMILES string of the molecule is Cc1ccc(-c2ncc(C(=O)O)nc2-c2ccc(C)cc2)cc1. The zero-order valence-corrected chi connectivity index (χ0v) is 12.9. The summed E-state index contributed by atoms with van der Waals surface area (Å²) in [4.78, 5) is 19.9. The van der Waals surface area contributed by atoms with E-state index in [4.69, 9.17) is 0 Å². The van der Waals surface area contributed by atoms with Crippen LogP contribution in [0.1, 0.15) is 21.6 Å². The molecule has 0 aliphatic carbocycles. The van der Waals surface area contributed by atoms with Crippen molar-refractivity contribution in [3.05, 3.63) is 71.5 Å². The Balaban J connectivity index is 2.20. The lowest BCUT2D eigenvalue weighted by Gasteiger charge is -2.10. The second-order valence-electron chi connectivity index (χ2n) is 5.49. The van der Waals surface area contributed by atoms with Crippen molar-refractivity contribution in [1.82, 2.24) is 9.97 Å². The fraction of sp³-hybridized carbons (Fsp3) is 0.105. The fourth-order valence-corrected chi connectivity index (χ4v) is 2.33. The molecule has 0 atom stereocenters. The third-order valence-corrected chi connectivity index (χ3v) is 3.64. The normalized spacial score (nSPS) is 10.5. The lowest BCUT2D eigenvalue weighted by Crippen LogP contribution is -2.04. The van der Waals surface area contributed by atoms with Gasteiger partial charge in [0.25, 0.3) is 0 Å². The second kappa shape index (κ2) is 6.01. The molecule has 23 heavy (non-hydrogen) atoms. The number of carbonyl (C=O) groups is 1. The molecule has 0 bridgehead atoms. The molecule has 0 fully saturated rings. The van der Waals surface area contributed by atoms with Crippen LogP contribution >= 0.6 is 0 Å². The van der Waals surface area contributed by atoms with Crippen LogP contribution in [-0.4, -0.2) is 21.0 Å². The fourth-order valence-electron chi connectivity index (χ4n) is 2.33. The van der Waals surface area contributed by atoms with Crippen molar-refractivity contribution in [2.24, 2.45) is 0 Å². The Kier molecular flexibility index (Phi) is 3.89. The van der Waals surface area contributed by atoms with Crippen molar-refractivity contribution in [3.8, 4) is 22.5 Å². The van der Waals surface area contributed by atoms with Gasteiger partial charge >= 0.3 is 5.97 Å². The summed E-state index contributed by atoms with van der Waals surface area (Å²) in [5, 5.41) is 9.20. The molecule has 1 heterocycles. The van der Waals surface area contributed by atoms with Gasteiger partial charge in [-0.3, -0.25) is 4.98 Å². The van der Waals surface area contributed by atoms with Crippen LogP contribution in [0.25, 0.3) is 22.5 Å². The minimum absolute atomic E-state index is 0.0589. The highest BCUT2D eigenvalue weighted by molar-refractivity contribution is 5.87. The largest absolute Gasteiger partial charge is 0.476 e. The third-order valence-electron chi connectivity index (χ3n) is 3.64. The van der Waals surface area contributed by atoms with E-state index in [0.29, 0.717) is 11.4 Å². The first kappa shape index (κ1) is 14.9. The smallest absolute Gasteiger partial charge is 0.356 e. The Morgan fingerprint density at radius 3 is 1.78 bits per heavy atom. The van der Waals surface area contributed by atoms with E-state index in [2.05, 4.69) is 9.97 Å². The van der Waals surface area contributed by atoms with E-state index in [0.717, 1.165) is 22.3 Å². The highest BCUT2D eigenvalue weighted by Crippen LogP contribution is 2.29. The Labute approximate surface area is 134 Å². The summed E-state index contributed by atoms with van der Waals surface area (Å²) < 4.78 is 0. The van der Waals surface area contributed by atoms with E-state index in [1.54, 1.807) is 0 Å². The summed E-state index contributed by atoms with van der Waals surface area (Å²) in [6.45, 7) is 4.02. The molecule has 0 amide bonds. The lowest BCUT2D eigenvalue weighted by atomic mass is 10.0. The molecule has 0 saturated heterocycles. The second-order valence-corrected chi connectivity index (χ2v) is 5.49. The standard InChI is InChI=1S/C19H16N2O2/c1-12-3-7-14(8-4-12)17-18(15-9-5-13(2)6-10-15)21-16(11-20-17)19(22)23/h3-11H,1-2H3,(H,22,23). The van der Waals surface area contributed by atoms with Crippen LogP contribution in [0.2, 0.25) is 0 Å². The highest BCUT2D eigenvalue weighted by atomic mass is 16.4. The molecule has 4 heteroatoms. The predicted molar refractivity (Wildman–Crippen MR) is 89.3 cm³/mol. The zero-order chi connectivity index (χ0) is 16.4. The molecule has 0 unspecified atom stereocenters. The van der Waals surface area contributed by atoms with Crippen molar-refractivity contribution >= 4 is 5.97 Å². The maximum absolute atomic E-state index is 11.2. The van der Waals surface area contributed by atoms with E-state index >= 15 is 0 Å². The summed E-state index contributed by atoms with van der Waals surface area (Å²) in [6.07, 6.45) is 1.30. The van der Waals surface area contributed by atoms with Gasteiger partial charge in [0.1, 0.15) is 0 Å². The number of carboxylic acids is 1. The summed E-state index contributed by atoms with van der Waals surface area (Å²) in [5.74, 6) is -1.08. The van der Waals surface area contributed by atoms with Gasteiger partial charge in [-0.1, -0.05) is 59.7 Å². The number of hydrogen-bond acceptors (Lipinski definition) is 3. The Morgan fingerprint density at radius 1 is 0.826 bits per heavy atom. The first-order valence-corrected chi connectivity index (χ1v) is 7.29. The van der Waals surface area contributed by atoms with Crippen LogP contribution in [-0.2, 0) is 0 Å². The van der Waals surface area contributed by atoms with Gasteiger partial charge in [0.15, 0.2) is 5.69 Å². The van der Waals surface area contributed by atoms with Crippen molar-refractivity contribution in [3.63, 3.8) is 0 Å². The van der Waals surface area contributed by atoms with E-state index in [1.807, 2.05) is 62.4 Å². The van der Waals surface area contributed by atoms with Crippen LogP contribution in [0.3, 0.4) is 0 Å². The summed E-state index contributed by atoms with van der Waals surface area (Å²) in [7, 11) is 0. The molecule has 0 radical (unpaired) electrons. The van der Waals surface area contributed by atoms with Gasteiger partial charge in [-0.2, -0.15) is 0 Å². The molecule has 114 valence electrons. The van der Waals surface area contributed by atoms with Crippen molar-refractivity contribution < 1.29 is 9.90 Å². The number of rotatable bonds is 3. The number of hydrogen-bond donors (Lipinski definition) is 1. The monoisotopic (exact) mass is 304 g/mol. The quantitative estimate of drug-likeness (QED) is 0.790. The molecule has 0 saturated carbocycles. The molecular weight excluding hydrogens is 288 g/mol. The summed E-state index contributed by atoms with van der Waals surface area (Å²) in [5.41, 5.74) is 5.25. The third kappa shape index (κ3) is 3.11. The number of nitrogens with zero attached hydrogens (tertiary/aromatic N) is 2. The number of aromatic nitrogens is 2. The Bertz CT molecular complexity index is 854. The lowest BCUT2D eigenvalue weighted by molar-refractivity contribution is 0.0690. The number of benzene rings is 2. The highest BCUT2D eigenvalue weighted by Gasteiger charge is 2.15. The number of aromatic carboxylic acids is 1. The minimum Gasteiger partial charge on any atom is -0.476 e. The van der Waals surface area contributed by atoms with Gasteiger partial charge in [-0.25, -0.2) is 9.78 Å². The van der Waals surface area contributed by atoms with Gasteiger partial charge in [-0.05, 0) is 13.8 Å². The van der Waals surface area contributed by atoms with E-state index in [1.165, 1.54) is 6.20 Å². The van der Waals surface area contributed by atoms with Crippen molar-refractivity contribution in [2.75, 3.05) is 0 Å². The number of carboxylic acid groups (broad SMARTS) is 1.